The van der Waals surface area contributed by atoms with Crippen molar-refractivity contribution < 1.29 is 4.92 Å². The van der Waals surface area contributed by atoms with E-state index >= 15 is 0 Å². The first-order chi connectivity index (χ1) is 10.6. The Morgan fingerprint density at radius 2 is 1.95 bits per heavy atom. The standard InChI is InChI=1S/C15H27N5O2/c1-3-19(4-2)11-5-8-17-9-10-18-14-7-6-13(16)12-15(14)20(21)22/h6-7,12,17-18H,3-5,8-11,16H2,1-2H3. The zero-order valence-electron chi connectivity index (χ0n) is 13.5. The van der Waals surface area contributed by atoms with Gasteiger partial charge >= 0.3 is 0 Å². The molecule has 0 aliphatic heterocycles. The summed E-state index contributed by atoms with van der Waals surface area (Å²) >= 11 is 0. The molecule has 0 saturated carbocycles. The second-order valence-electron chi connectivity index (χ2n) is 5.09. The first kappa shape index (κ1) is 18.2. The lowest BCUT2D eigenvalue weighted by molar-refractivity contribution is -0.383. The van der Waals surface area contributed by atoms with Gasteiger partial charge in [-0.1, -0.05) is 13.8 Å². The van der Waals surface area contributed by atoms with Crippen LogP contribution in [0.1, 0.15) is 20.3 Å². The predicted octanol–water partition coefficient (Wildman–Crippen LogP) is 1.91. The third kappa shape index (κ3) is 6.28. The number of nitrogen functional groups attached to an aromatic ring is 1. The molecule has 7 nitrogen and oxygen atoms in total. The number of nitrogens with zero attached hydrogens (tertiary/aromatic N) is 2. The van der Waals surface area contributed by atoms with Gasteiger partial charge in [0.25, 0.3) is 5.69 Å². The van der Waals surface area contributed by atoms with E-state index in [1.807, 2.05) is 0 Å². The van der Waals surface area contributed by atoms with E-state index in [-0.39, 0.29) is 5.69 Å². The van der Waals surface area contributed by atoms with E-state index in [0.29, 0.717) is 17.9 Å². The number of nitrogens with two attached hydrogens (primary N) is 1. The number of nitro groups is 1. The summed E-state index contributed by atoms with van der Waals surface area (Å²) in [7, 11) is 0. The molecular formula is C15H27N5O2. The fraction of sp³-hybridized carbons (Fsp3) is 0.600. The Hall–Kier alpha value is -1.86. The molecule has 1 rings (SSSR count). The monoisotopic (exact) mass is 309 g/mol. The number of nitro benzene ring substituents is 1. The van der Waals surface area contributed by atoms with E-state index < -0.39 is 4.92 Å². The Bertz CT molecular complexity index is 463. The summed E-state index contributed by atoms with van der Waals surface area (Å²) in [6, 6.07) is 4.68. The van der Waals surface area contributed by atoms with Crippen LogP contribution in [0.4, 0.5) is 17.1 Å². The van der Waals surface area contributed by atoms with Gasteiger partial charge in [0.2, 0.25) is 0 Å². The van der Waals surface area contributed by atoms with Crippen LogP contribution >= 0.6 is 0 Å². The van der Waals surface area contributed by atoms with Crippen molar-refractivity contribution in [2.24, 2.45) is 0 Å². The quantitative estimate of drug-likeness (QED) is 0.250. The second kappa shape index (κ2) is 9.97. The lowest BCUT2D eigenvalue weighted by atomic mass is 10.2. The van der Waals surface area contributed by atoms with Crippen molar-refractivity contribution in [2.45, 2.75) is 20.3 Å². The molecule has 22 heavy (non-hydrogen) atoms. The van der Waals surface area contributed by atoms with Gasteiger partial charge in [-0.25, -0.2) is 0 Å². The molecule has 0 fully saturated rings. The highest BCUT2D eigenvalue weighted by Crippen LogP contribution is 2.26. The average molecular weight is 309 g/mol. The van der Waals surface area contributed by atoms with Crippen LogP contribution in [0, 0.1) is 10.1 Å². The van der Waals surface area contributed by atoms with Crippen molar-refractivity contribution in [3.8, 4) is 0 Å². The molecule has 1 aromatic carbocycles. The van der Waals surface area contributed by atoms with Gasteiger partial charge in [0, 0.05) is 24.8 Å². The number of hydrogen-bond acceptors (Lipinski definition) is 6. The Balaban J connectivity index is 2.24. The van der Waals surface area contributed by atoms with Crippen LogP contribution < -0.4 is 16.4 Å². The van der Waals surface area contributed by atoms with Gasteiger partial charge in [0.1, 0.15) is 5.69 Å². The lowest BCUT2D eigenvalue weighted by Crippen LogP contribution is -2.29. The van der Waals surface area contributed by atoms with Crippen LogP contribution in [0.2, 0.25) is 0 Å². The fourth-order valence-corrected chi connectivity index (χ4v) is 2.23. The molecule has 0 aromatic heterocycles. The van der Waals surface area contributed by atoms with Crippen molar-refractivity contribution in [1.82, 2.24) is 10.2 Å². The summed E-state index contributed by atoms with van der Waals surface area (Å²) < 4.78 is 0. The number of benzene rings is 1. The molecular weight excluding hydrogens is 282 g/mol. The van der Waals surface area contributed by atoms with E-state index in [9.17, 15) is 10.1 Å². The fourth-order valence-electron chi connectivity index (χ4n) is 2.23. The van der Waals surface area contributed by atoms with Gasteiger partial charge in [-0.15, -0.1) is 0 Å². The Kier molecular flexibility index (Phi) is 8.24. The summed E-state index contributed by atoms with van der Waals surface area (Å²) in [4.78, 5) is 12.9. The van der Waals surface area contributed by atoms with Gasteiger partial charge in [-0.05, 0) is 44.7 Å². The Morgan fingerprint density at radius 1 is 1.23 bits per heavy atom. The topological polar surface area (TPSA) is 96.5 Å². The Labute approximate surface area is 132 Å². The minimum Gasteiger partial charge on any atom is -0.399 e. The first-order valence-electron chi connectivity index (χ1n) is 7.79. The molecule has 0 radical (unpaired) electrons. The largest absolute Gasteiger partial charge is 0.399 e. The van der Waals surface area contributed by atoms with Gasteiger partial charge in [-0.3, -0.25) is 10.1 Å². The molecule has 0 saturated heterocycles. The van der Waals surface area contributed by atoms with Crippen molar-refractivity contribution in [1.29, 1.82) is 0 Å². The second-order valence-corrected chi connectivity index (χ2v) is 5.09. The Morgan fingerprint density at radius 3 is 2.59 bits per heavy atom. The molecule has 0 bridgehead atoms. The highest BCUT2D eigenvalue weighted by atomic mass is 16.6. The average Bonchev–Trinajstić information content (AvgIpc) is 2.51. The van der Waals surface area contributed by atoms with Gasteiger partial charge in [0.05, 0.1) is 4.92 Å². The maximum absolute atomic E-state index is 11.0. The number of rotatable bonds is 11. The van der Waals surface area contributed by atoms with Crippen LogP contribution in [0.15, 0.2) is 18.2 Å². The van der Waals surface area contributed by atoms with Crippen LogP contribution in [-0.4, -0.2) is 49.1 Å². The van der Waals surface area contributed by atoms with E-state index in [2.05, 4.69) is 29.4 Å². The molecule has 0 aliphatic carbocycles. The lowest BCUT2D eigenvalue weighted by Gasteiger charge is -2.17. The molecule has 7 heteroatoms. The van der Waals surface area contributed by atoms with Gasteiger partial charge in [-0.2, -0.15) is 0 Å². The highest BCUT2D eigenvalue weighted by Gasteiger charge is 2.13. The van der Waals surface area contributed by atoms with E-state index in [1.54, 1.807) is 12.1 Å². The van der Waals surface area contributed by atoms with Crippen LogP contribution in [-0.2, 0) is 0 Å². The zero-order chi connectivity index (χ0) is 16.4. The summed E-state index contributed by atoms with van der Waals surface area (Å²) in [5.74, 6) is 0. The summed E-state index contributed by atoms with van der Waals surface area (Å²) in [6.07, 6.45) is 1.10. The number of anilines is 2. The third-order valence-electron chi connectivity index (χ3n) is 3.56. The zero-order valence-corrected chi connectivity index (χ0v) is 13.5. The van der Waals surface area contributed by atoms with E-state index in [0.717, 1.165) is 39.1 Å². The molecule has 124 valence electrons. The molecule has 0 spiro atoms. The van der Waals surface area contributed by atoms with Gasteiger partial charge in [0.15, 0.2) is 0 Å². The molecule has 0 atom stereocenters. The first-order valence-corrected chi connectivity index (χ1v) is 7.79. The minimum absolute atomic E-state index is 0.0153. The molecule has 0 aliphatic rings. The SMILES string of the molecule is CCN(CC)CCCNCCNc1ccc(N)cc1[N+](=O)[O-]. The smallest absolute Gasteiger partial charge is 0.294 e. The van der Waals surface area contributed by atoms with Crippen LogP contribution in [0.3, 0.4) is 0 Å². The molecule has 0 heterocycles. The summed E-state index contributed by atoms with van der Waals surface area (Å²) in [5, 5.41) is 17.4. The number of hydrogen-bond donors (Lipinski definition) is 3. The van der Waals surface area contributed by atoms with E-state index in [1.165, 1.54) is 6.07 Å². The van der Waals surface area contributed by atoms with Crippen molar-refractivity contribution in [2.75, 3.05) is 50.3 Å². The van der Waals surface area contributed by atoms with Crippen molar-refractivity contribution in [3.63, 3.8) is 0 Å². The molecule has 0 unspecified atom stereocenters. The molecule has 1 aromatic rings. The minimum atomic E-state index is -0.420. The van der Waals surface area contributed by atoms with Crippen LogP contribution in [0.25, 0.3) is 0 Å². The van der Waals surface area contributed by atoms with Crippen molar-refractivity contribution in [3.05, 3.63) is 28.3 Å². The number of nitrogens with one attached hydrogen (secondary N) is 2. The third-order valence-corrected chi connectivity index (χ3v) is 3.56. The van der Waals surface area contributed by atoms with E-state index in [4.69, 9.17) is 5.73 Å². The van der Waals surface area contributed by atoms with Gasteiger partial charge < -0.3 is 21.3 Å². The van der Waals surface area contributed by atoms with Crippen molar-refractivity contribution >= 4 is 17.1 Å². The normalized spacial score (nSPS) is 10.9. The predicted molar refractivity (Wildman–Crippen MR) is 91.3 cm³/mol. The summed E-state index contributed by atoms with van der Waals surface area (Å²) in [6.45, 7) is 9.94. The maximum Gasteiger partial charge on any atom is 0.294 e. The summed E-state index contributed by atoms with van der Waals surface area (Å²) in [5.41, 5.74) is 6.49. The highest BCUT2D eigenvalue weighted by molar-refractivity contribution is 5.66. The molecule has 4 N–H and O–H groups in total. The van der Waals surface area contributed by atoms with Crippen LogP contribution in [0.5, 0.6) is 0 Å². The maximum atomic E-state index is 11.0. The molecule has 0 amide bonds.